The van der Waals surface area contributed by atoms with Crippen LogP contribution in [-0.2, 0) is 11.2 Å². The monoisotopic (exact) mass is 234 g/mol. The predicted octanol–water partition coefficient (Wildman–Crippen LogP) is 2.71. The van der Waals surface area contributed by atoms with Crippen molar-refractivity contribution in [3.8, 4) is 0 Å². The molecule has 0 bridgehead atoms. The van der Waals surface area contributed by atoms with Crippen LogP contribution in [0.2, 0.25) is 0 Å². The van der Waals surface area contributed by atoms with Gasteiger partial charge in [0, 0.05) is 12.1 Å². The Labute approximate surface area is 103 Å². The first-order valence-electron chi connectivity index (χ1n) is 6.35. The summed E-state index contributed by atoms with van der Waals surface area (Å²) in [5.74, 6) is 0.0387. The highest BCUT2D eigenvalue weighted by Gasteiger charge is 2.01. The quantitative estimate of drug-likeness (QED) is 0.762. The third-order valence-electron chi connectivity index (χ3n) is 2.66. The van der Waals surface area contributed by atoms with E-state index in [1.54, 1.807) is 0 Å². The van der Waals surface area contributed by atoms with E-state index in [1.165, 1.54) is 18.4 Å². The molecule has 3 N–H and O–H groups in total. The number of unbranched alkanes of at least 4 members (excludes halogenated alkanes) is 1. The van der Waals surface area contributed by atoms with Gasteiger partial charge >= 0.3 is 0 Å². The Bertz CT molecular complexity index is 333. The molecule has 17 heavy (non-hydrogen) atoms. The molecule has 0 aromatic heterocycles. The smallest absolute Gasteiger partial charge is 0.224 e. The molecule has 0 aliphatic carbocycles. The molecule has 0 saturated heterocycles. The molecule has 94 valence electrons. The average molecular weight is 234 g/mol. The number of aryl methyl sites for hydroxylation is 1. The molecule has 3 nitrogen and oxygen atoms in total. The molecule has 0 aliphatic rings. The first-order chi connectivity index (χ1) is 8.26. The highest BCUT2D eigenvalue weighted by Crippen LogP contribution is 2.12. The number of amides is 1. The first-order valence-corrected chi connectivity index (χ1v) is 6.35. The second-order valence-electron chi connectivity index (χ2n) is 4.24. The van der Waals surface area contributed by atoms with Crippen LogP contribution >= 0.6 is 0 Å². The van der Waals surface area contributed by atoms with Crippen molar-refractivity contribution >= 4 is 11.6 Å². The molecule has 0 saturated carbocycles. The largest absolute Gasteiger partial charge is 0.330 e. The number of nitrogens with two attached hydrogens (primary N) is 1. The maximum Gasteiger partial charge on any atom is 0.224 e. The number of anilines is 1. The van der Waals surface area contributed by atoms with Crippen molar-refractivity contribution in [3.63, 3.8) is 0 Å². The SMILES string of the molecule is CCCCc1ccc(NC(=O)CCCN)cc1. The molecular formula is C14H22N2O. The molecule has 1 amide bonds. The molecule has 0 fully saturated rings. The molecule has 3 heteroatoms. The summed E-state index contributed by atoms with van der Waals surface area (Å²) in [6.45, 7) is 2.75. The number of benzene rings is 1. The topological polar surface area (TPSA) is 55.1 Å². The van der Waals surface area contributed by atoms with Gasteiger partial charge < -0.3 is 11.1 Å². The van der Waals surface area contributed by atoms with Gasteiger partial charge in [-0.25, -0.2) is 0 Å². The zero-order valence-electron chi connectivity index (χ0n) is 10.5. The number of hydrogen-bond donors (Lipinski definition) is 2. The van der Waals surface area contributed by atoms with E-state index in [0.29, 0.717) is 13.0 Å². The van der Waals surface area contributed by atoms with Gasteiger partial charge in [-0.05, 0) is 43.5 Å². The van der Waals surface area contributed by atoms with Crippen LogP contribution < -0.4 is 11.1 Å². The number of rotatable bonds is 7. The predicted molar refractivity (Wildman–Crippen MR) is 72.0 cm³/mol. The van der Waals surface area contributed by atoms with Gasteiger partial charge in [0.15, 0.2) is 0 Å². The van der Waals surface area contributed by atoms with E-state index in [0.717, 1.165) is 18.5 Å². The summed E-state index contributed by atoms with van der Waals surface area (Å²) in [5, 5.41) is 2.87. The van der Waals surface area contributed by atoms with Crippen molar-refractivity contribution in [3.05, 3.63) is 29.8 Å². The van der Waals surface area contributed by atoms with Gasteiger partial charge in [-0.1, -0.05) is 25.5 Å². The average Bonchev–Trinajstić information content (AvgIpc) is 2.35. The minimum Gasteiger partial charge on any atom is -0.330 e. The fourth-order valence-electron chi connectivity index (χ4n) is 1.62. The van der Waals surface area contributed by atoms with Crippen molar-refractivity contribution in [1.29, 1.82) is 0 Å². The van der Waals surface area contributed by atoms with Crippen LogP contribution in [0, 0.1) is 0 Å². The van der Waals surface area contributed by atoms with E-state index >= 15 is 0 Å². The maximum atomic E-state index is 11.5. The highest BCUT2D eigenvalue weighted by molar-refractivity contribution is 5.90. The Morgan fingerprint density at radius 3 is 2.53 bits per heavy atom. The lowest BCUT2D eigenvalue weighted by Crippen LogP contribution is -2.13. The number of carbonyl (C=O) groups is 1. The lowest BCUT2D eigenvalue weighted by Gasteiger charge is -2.06. The molecule has 0 atom stereocenters. The minimum absolute atomic E-state index is 0.0387. The fraction of sp³-hybridized carbons (Fsp3) is 0.500. The van der Waals surface area contributed by atoms with E-state index in [2.05, 4.69) is 24.4 Å². The van der Waals surface area contributed by atoms with Gasteiger partial charge in [0.2, 0.25) is 5.91 Å². The Morgan fingerprint density at radius 1 is 1.24 bits per heavy atom. The Kier molecular flexibility index (Phi) is 6.33. The summed E-state index contributed by atoms with van der Waals surface area (Å²) >= 11 is 0. The zero-order valence-corrected chi connectivity index (χ0v) is 10.5. The normalized spacial score (nSPS) is 10.2. The van der Waals surface area contributed by atoms with Gasteiger partial charge in [-0.15, -0.1) is 0 Å². The highest BCUT2D eigenvalue weighted by atomic mass is 16.1. The van der Waals surface area contributed by atoms with Crippen molar-refractivity contribution in [2.45, 2.75) is 39.0 Å². The van der Waals surface area contributed by atoms with E-state index < -0.39 is 0 Å². The van der Waals surface area contributed by atoms with Crippen molar-refractivity contribution in [1.82, 2.24) is 0 Å². The number of hydrogen-bond acceptors (Lipinski definition) is 2. The van der Waals surface area contributed by atoms with Crippen LogP contribution in [0.15, 0.2) is 24.3 Å². The van der Waals surface area contributed by atoms with Gasteiger partial charge in [0.25, 0.3) is 0 Å². The molecular weight excluding hydrogens is 212 g/mol. The Hall–Kier alpha value is -1.35. The summed E-state index contributed by atoms with van der Waals surface area (Å²) in [6.07, 6.45) is 4.76. The van der Waals surface area contributed by atoms with Gasteiger partial charge in [-0.3, -0.25) is 4.79 Å². The summed E-state index contributed by atoms with van der Waals surface area (Å²) in [6, 6.07) is 8.08. The molecule has 1 rings (SSSR count). The molecule has 1 aromatic rings. The van der Waals surface area contributed by atoms with Crippen molar-refractivity contribution in [2.75, 3.05) is 11.9 Å². The first kappa shape index (κ1) is 13.7. The van der Waals surface area contributed by atoms with Crippen LogP contribution in [-0.4, -0.2) is 12.5 Å². The lowest BCUT2D eigenvalue weighted by molar-refractivity contribution is -0.116. The van der Waals surface area contributed by atoms with Crippen molar-refractivity contribution < 1.29 is 4.79 Å². The Morgan fingerprint density at radius 2 is 1.94 bits per heavy atom. The summed E-state index contributed by atoms with van der Waals surface area (Å²) in [4.78, 5) is 11.5. The van der Waals surface area contributed by atoms with Crippen molar-refractivity contribution in [2.24, 2.45) is 5.73 Å². The van der Waals surface area contributed by atoms with Crippen LogP contribution in [0.25, 0.3) is 0 Å². The molecule has 0 radical (unpaired) electrons. The summed E-state index contributed by atoms with van der Waals surface area (Å²) in [7, 11) is 0. The maximum absolute atomic E-state index is 11.5. The standard InChI is InChI=1S/C14H22N2O/c1-2-3-5-12-7-9-13(10-8-12)16-14(17)6-4-11-15/h7-10H,2-6,11,15H2,1H3,(H,16,17). The van der Waals surface area contributed by atoms with E-state index in [-0.39, 0.29) is 5.91 Å². The van der Waals surface area contributed by atoms with Gasteiger partial charge in [-0.2, -0.15) is 0 Å². The molecule has 0 aliphatic heterocycles. The molecule has 0 heterocycles. The molecule has 0 spiro atoms. The number of nitrogens with one attached hydrogen (secondary N) is 1. The zero-order chi connectivity index (χ0) is 12.5. The lowest BCUT2D eigenvalue weighted by atomic mass is 10.1. The van der Waals surface area contributed by atoms with Crippen LogP contribution in [0.3, 0.4) is 0 Å². The molecule has 0 unspecified atom stereocenters. The Balaban J connectivity index is 2.42. The molecule has 1 aromatic carbocycles. The van der Waals surface area contributed by atoms with Gasteiger partial charge in [0.1, 0.15) is 0 Å². The van der Waals surface area contributed by atoms with E-state index in [1.807, 2.05) is 12.1 Å². The second kappa shape index (κ2) is 7.85. The second-order valence-corrected chi connectivity index (χ2v) is 4.24. The third kappa shape index (κ3) is 5.50. The third-order valence-corrected chi connectivity index (χ3v) is 2.66. The van der Waals surface area contributed by atoms with E-state index in [9.17, 15) is 4.79 Å². The van der Waals surface area contributed by atoms with Crippen LogP contribution in [0.5, 0.6) is 0 Å². The fourth-order valence-corrected chi connectivity index (χ4v) is 1.62. The number of carbonyl (C=O) groups excluding carboxylic acids is 1. The summed E-state index contributed by atoms with van der Waals surface area (Å²) < 4.78 is 0. The van der Waals surface area contributed by atoms with E-state index in [4.69, 9.17) is 5.73 Å². The minimum atomic E-state index is 0.0387. The summed E-state index contributed by atoms with van der Waals surface area (Å²) in [5.41, 5.74) is 7.55. The van der Waals surface area contributed by atoms with Crippen LogP contribution in [0.4, 0.5) is 5.69 Å². The van der Waals surface area contributed by atoms with Gasteiger partial charge in [0.05, 0.1) is 0 Å². The van der Waals surface area contributed by atoms with Crippen LogP contribution in [0.1, 0.15) is 38.2 Å².